The molecule has 0 aliphatic heterocycles. The summed E-state index contributed by atoms with van der Waals surface area (Å²) < 4.78 is 42.1. The van der Waals surface area contributed by atoms with Crippen LogP contribution < -0.4 is 0 Å². The zero-order valence-electron chi connectivity index (χ0n) is 16.8. The molecule has 172 valence electrons. The molecule has 2 unspecified atom stereocenters. The van der Waals surface area contributed by atoms with Crippen molar-refractivity contribution in [3.8, 4) is 0 Å². The number of aliphatic hydroxyl groups is 1. The summed E-state index contributed by atoms with van der Waals surface area (Å²) >= 11 is 0. The van der Waals surface area contributed by atoms with Crippen LogP contribution in [0, 0.1) is 0 Å². The molecule has 0 rings (SSSR count). The molecule has 0 amide bonds. The second-order valence-electron chi connectivity index (χ2n) is 6.30. The van der Waals surface area contributed by atoms with Gasteiger partial charge in [0, 0.05) is 0 Å². The Morgan fingerprint density at radius 1 is 0.821 bits per heavy atom. The Balaban J connectivity index is 3.29. The first-order valence-electron chi connectivity index (χ1n) is 9.09. The van der Waals surface area contributed by atoms with E-state index in [2.05, 4.69) is 0 Å². The number of aliphatic hydroxyl groups excluding tert-OH is 1. The predicted octanol–water partition coefficient (Wildman–Crippen LogP) is 0.150. The molecule has 0 aliphatic rings. The molecule has 0 saturated heterocycles. The van der Waals surface area contributed by atoms with Gasteiger partial charge in [-0.25, -0.2) is 0 Å². The van der Waals surface area contributed by atoms with Crippen LogP contribution in [-0.2, 0) is 32.6 Å². The molecule has 0 fully saturated rings. The second kappa shape index (κ2) is 16.0. The summed E-state index contributed by atoms with van der Waals surface area (Å²) in [7, 11) is -7.15. The van der Waals surface area contributed by atoms with E-state index in [1.165, 1.54) is 6.66 Å². The summed E-state index contributed by atoms with van der Waals surface area (Å²) in [4.78, 5) is 27.6. The van der Waals surface area contributed by atoms with Gasteiger partial charge in [-0.1, -0.05) is 13.8 Å². The molecule has 0 spiro atoms. The minimum absolute atomic E-state index is 0.00823. The Hall–Kier alpha value is 0.260. The maximum absolute atomic E-state index is 11.5. The Morgan fingerprint density at radius 3 is 1.68 bits per heavy atom. The fraction of sp³-hybridized carbons (Fsp3) is 1.00. The summed E-state index contributed by atoms with van der Waals surface area (Å²) in [5.74, 6) is 0. The summed E-state index contributed by atoms with van der Waals surface area (Å²) in [5.41, 5.74) is -0.439. The number of hydrogen-bond donors (Lipinski definition) is 4. The van der Waals surface area contributed by atoms with E-state index in [9.17, 15) is 14.6 Å². The summed E-state index contributed by atoms with van der Waals surface area (Å²) in [6.07, 6.45) is -0.936. The van der Waals surface area contributed by atoms with Crippen molar-refractivity contribution in [2.45, 2.75) is 25.6 Å². The molecule has 0 aliphatic carbocycles. The second-order valence-corrected chi connectivity index (χ2v) is 10.9. The van der Waals surface area contributed by atoms with Crippen LogP contribution >= 0.6 is 15.5 Å². The van der Waals surface area contributed by atoms with Crippen LogP contribution in [0.5, 0.6) is 0 Å². The average Bonchev–Trinajstić information content (AvgIpc) is 2.59. The van der Waals surface area contributed by atoms with E-state index >= 15 is 0 Å². The van der Waals surface area contributed by atoms with Crippen molar-refractivity contribution in [1.29, 1.82) is 0 Å². The molecule has 0 aromatic heterocycles. The first kappa shape index (κ1) is 28.3. The van der Waals surface area contributed by atoms with Crippen LogP contribution in [-0.4, -0.2) is 104 Å². The molecule has 0 saturated carbocycles. The average molecular weight is 454 g/mol. The van der Waals surface area contributed by atoms with E-state index in [0.717, 1.165) is 0 Å². The Morgan fingerprint density at radius 2 is 1.25 bits per heavy atom. The maximum atomic E-state index is 11.5. The van der Waals surface area contributed by atoms with Gasteiger partial charge in [0.2, 0.25) is 0 Å². The Bertz CT molecular complexity index is 417. The van der Waals surface area contributed by atoms with Crippen molar-refractivity contribution in [3.05, 3.63) is 0 Å². The van der Waals surface area contributed by atoms with Crippen molar-refractivity contribution < 1.29 is 52.3 Å². The van der Waals surface area contributed by atoms with Gasteiger partial charge >= 0.3 is 108 Å². The molecule has 11 nitrogen and oxygen atoms in total. The first-order chi connectivity index (χ1) is 13.0. The molecular weight excluding hydrogens is 418 g/mol. The zero-order chi connectivity index (χ0) is 21.5. The molecule has 4 N–H and O–H groups in total. The number of ether oxygens (including phenoxy) is 4. The van der Waals surface area contributed by atoms with Crippen molar-refractivity contribution in [2.24, 2.45) is 0 Å². The Labute approximate surface area is 167 Å². The van der Waals surface area contributed by atoms with E-state index in [1.807, 2.05) is 0 Å². The van der Waals surface area contributed by atoms with Crippen molar-refractivity contribution in [1.82, 2.24) is 0 Å². The van der Waals surface area contributed by atoms with Crippen LogP contribution in [0.4, 0.5) is 0 Å². The summed E-state index contributed by atoms with van der Waals surface area (Å²) in [6, 6.07) is 0. The van der Waals surface area contributed by atoms with Gasteiger partial charge < -0.3 is 14.2 Å². The fourth-order valence-electron chi connectivity index (χ4n) is 1.56. The molecule has 0 heterocycles. The monoisotopic (exact) mass is 454 g/mol. The molecule has 0 bridgehead atoms. The van der Waals surface area contributed by atoms with Crippen molar-refractivity contribution >= 4 is 15.5 Å². The van der Waals surface area contributed by atoms with Crippen LogP contribution in [0.1, 0.15) is 13.8 Å². The van der Waals surface area contributed by atoms with Crippen molar-refractivity contribution in [3.63, 3.8) is 0 Å². The third kappa shape index (κ3) is 18.3. The van der Waals surface area contributed by atoms with Gasteiger partial charge in [0.05, 0.1) is 25.5 Å². The third-order valence-corrected chi connectivity index (χ3v) is 5.70. The molecule has 28 heavy (non-hydrogen) atoms. The molecule has 13 heteroatoms. The van der Waals surface area contributed by atoms with E-state index in [0.29, 0.717) is 33.0 Å². The van der Waals surface area contributed by atoms with E-state index in [-0.39, 0.29) is 33.0 Å². The number of hydrogen-bond acceptors (Lipinski definition) is 10. The van der Waals surface area contributed by atoms with Crippen molar-refractivity contribution in [2.75, 3.05) is 72.7 Å². The van der Waals surface area contributed by atoms with Crippen LogP contribution in [0.3, 0.4) is 0 Å². The summed E-state index contributed by atoms with van der Waals surface area (Å²) in [5, 5.41) is 9.50. The van der Waals surface area contributed by atoms with Gasteiger partial charge in [-0.05, 0) is 0 Å². The standard InChI is InChI=1S/C15H36O11P2/c1-14(2)28(19,20)25-11-10-23-7-6-21-4-5-22-8-9-24-12-15(16)13-26-27(3,17)18/h14-18,27H,4-13H2,1-3H3,(H,19,20). The van der Waals surface area contributed by atoms with Crippen LogP contribution in [0.15, 0.2) is 0 Å². The summed E-state index contributed by atoms with van der Waals surface area (Å²) in [6.45, 7) is 6.56. The topological polar surface area (TPSA) is 153 Å². The molecule has 2 atom stereocenters. The van der Waals surface area contributed by atoms with Crippen LogP contribution in [0.2, 0.25) is 0 Å². The zero-order valence-corrected chi connectivity index (χ0v) is 18.7. The normalized spacial score (nSPS) is 16.3. The molecular formula is C15H36O11P2. The number of rotatable bonds is 19. The molecule has 0 aromatic carbocycles. The van der Waals surface area contributed by atoms with E-state index in [4.69, 9.17) is 37.8 Å². The quantitative estimate of drug-likeness (QED) is 0.156. The predicted molar refractivity (Wildman–Crippen MR) is 105 cm³/mol. The first-order valence-corrected chi connectivity index (χ1v) is 13.0. The van der Waals surface area contributed by atoms with E-state index in [1.54, 1.807) is 13.8 Å². The van der Waals surface area contributed by atoms with Gasteiger partial charge in [-0.2, -0.15) is 0 Å². The van der Waals surface area contributed by atoms with E-state index < -0.39 is 27.3 Å². The van der Waals surface area contributed by atoms with Gasteiger partial charge in [0.15, 0.2) is 0 Å². The van der Waals surface area contributed by atoms with Gasteiger partial charge in [-0.15, -0.1) is 0 Å². The molecule has 0 aromatic rings. The fourth-order valence-corrected chi connectivity index (χ4v) is 2.70. The minimum atomic E-state index is -3.61. The third-order valence-electron chi connectivity index (χ3n) is 3.13. The SMILES string of the molecule is CC(C)P(=O)(O)OCCOCCOCCOCCOCC(O)CO[PH](C)(O)O. The van der Waals surface area contributed by atoms with Gasteiger partial charge in [0.25, 0.3) is 0 Å². The Kier molecular flexibility index (Phi) is 16.2. The van der Waals surface area contributed by atoms with Gasteiger partial charge in [-0.3, -0.25) is 4.57 Å². The molecule has 0 radical (unpaired) electrons. The van der Waals surface area contributed by atoms with Crippen LogP contribution in [0.25, 0.3) is 0 Å². The van der Waals surface area contributed by atoms with Gasteiger partial charge in [0.1, 0.15) is 0 Å².